The van der Waals surface area contributed by atoms with Crippen molar-refractivity contribution in [2.45, 2.75) is 39.7 Å². The molecule has 20 heavy (non-hydrogen) atoms. The van der Waals surface area contributed by atoms with Gasteiger partial charge in [-0.25, -0.2) is 4.98 Å². The molecule has 5 nitrogen and oxygen atoms in total. The number of aromatic nitrogens is 1. The quantitative estimate of drug-likeness (QED) is 0.809. The van der Waals surface area contributed by atoms with Gasteiger partial charge in [0.2, 0.25) is 0 Å². The Hall–Kier alpha value is -1.14. The fourth-order valence-corrected chi connectivity index (χ4v) is 3.26. The summed E-state index contributed by atoms with van der Waals surface area (Å²) < 4.78 is 0. The molecule has 0 aliphatic heterocycles. The summed E-state index contributed by atoms with van der Waals surface area (Å²) in [6.45, 7) is 6.85. The van der Waals surface area contributed by atoms with Crippen LogP contribution >= 0.6 is 11.3 Å². The molecule has 0 radical (unpaired) electrons. The second-order valence-corrected chi connectivity index (χ2v) is 6.31. The lowest BCUT2D eigenvalue weighted by molar-refractivity contribution is 0.0932. The molecule has 1 rings (SSSR count). The topological polar surface area (TPSA) is 71.2 Å². The van der Waals surface area contributed by atoms with E-state index in [0.717, 1.165) is 12.8 Å². The second-order valence-electron chi connectivity index (χ2n) is 5.28. The van der Waals surface area contributed by atoms with Gasteiger partial charge in [-0.05, 0) is 26.9 Å². The summed E-state index contributed by atoms with van der Waals surface area (Å²) in [5, 5.41) is 3.46. The fraction of sp³-hybridized carbons (Fsp3) is 0.714. The number of amides is 1. The normalized spacial score (nSPS) is 12.9. The zero-order chi connectivity index (χ0) is 15.3. The van der Waals surface area contributed by atoms with Crippen LogP contribution in [0.4, 0.5) is 5.13 Å². The monoisotopic (exact) mass is 298 g/mol. The largest absolute Gasteiger partial charge is 0.375 e. The average molecular weight is 298 g/mol. The molecule has 1 aromatic heterocycles. The van der Waals surface area contributed by atoms with E-state index >= 15 is 0 Å². The molecule has 1 aromatic rings. The standard InChI is InChI=1S/C14H26N4OS/c1-6-10(7-2)11(18(4)5)8-16-13(19)12-9(3)17-14(15)20-12/h10-11H,6-8H2,1-5H3,(H2,15,17)(H,16,19). The van der Waals surface area contributed by atoms with Crippen molar-refractivity contribution in [1.82, 2.24) is 15.2 Å². The molecule has 0 bridgehead atoms. The zero-order valence-electron chi connectivity index (χ0n) is 13.1. The van der Waals surface area contributed by atoms with Crippen molar-refractivity contribution in [3.63, 3.8) is 0 Å². The van der Waals surface area contributed by atoms with Crippen molar-refractivity contribution in [3.8, 4) is 0 Å². The Bertz CT molecular complexity index is 440. The van der Waals surface area contributed by atoms with Crippen molar-refractivity contribution >= 4 is 22.4 Å². The van der Waals surface area contributed by atoms with Gasteiger partial charge >= 0.3 is 0 Å². The van der Waals surface area contributed by atoms with E-state index in [2.05, 4.69) is 43.1 Å². The maximum atomic E-state index is 12.2. The third kappa shape index (κ3) is 4.18. The van der Waals surface area contributed by atoms with E-state index < -0.39 is 0 Å². The maximum absolute atomic E-state index is 12.2. The lowest BCUT2D eigenvalue weighted by Crippen LogP contribution is -2.44. The molecule has 1 heterocycles. The van der Waals surface area contributed by atoms with Gasteiger partial charge in [0.15, 0.2) is 5.13 Å². The number of hydrogen-bond acceptors (Lipinski definition) is 5. The van der Waals surface area contributed by atoms with Gasteiger partial charge < -0.3 is 16.0 Å². The minimum absolute atomic E-state index is 0.0745. The number of aryl methyl sites for hydroxylation is 1. The van der Waals surface area contributed by atoms with Crippen molar-refractivity contribution in [3.05, 3.63) is 10.6 Å². The number of nitrogen functional groups attached to an aromatic ring is 1. The number of thiazole rings is 1. The third-order valence-electron chi connectivity index (χ3n) is 3.75. The van der Waals surface area contributed by atoms with Gasteiger partial charge in [-0.2, -0.15) is 0 Å². The molecule has 0 spiro atoms. The molecule has 0 saturated heterocycles. The molecular formula is C14H26N4OS. The number of hydrogen-bond donors (Lipinski definition) is 2. The fourth-order valence-electron chi connectivity index (χ4n) is 2.51. The number of carbonyl (C=O) groups is 1. The maximum Gasteiger partial charge on any atom is 0.263 e. The molecule has 1 atom stereocenters. The van der Waals surface area contributed by atoms with Crippen molar-refractivity contribution in [2.75, 3.05) is 26.4 Å². The number of rotatable bonds is 7. The zero-order valence-corrected chi connectivity index (χ0v) is 13.9. The van der Waals surface area contributed by atoms with E-state index in [1.807, 2.05) is 6.92 Å². The molecule has 0 aliphatic carbocycles. The van der Waals surface area contributed by atoms with Crippen LogP contribution in [0.25, 0.3) is 0 Å². The first kappa shape index (κ1) is 16.9. The highest BCUT2D eigenvalue weighted by Gasteiger charge is 2.22. The van der Waals surface area contributed by atoms with E-state index in [4.69, 9.17) is 5.73 Å². The minimum atomic E-state index is -0.0745. The van der Waals surface area contributed by atoms with Gasteiger partial charge in [-0.3, -0.25) is 4.79 Å². The minimum Gasteiger partial charge on any atom is -0.375 e. The third-order valence-corrected chi connectivity index (χ3v) is 4.73. The van der Waals surface area contributed by atoms with Crippen LogP contribution in [-0.2, 0) is 0 Å². The molecule has 1 unspecified atom stereocenters. The summed E-state index contributed by atoms with van der Waals surface area (Å²) in [6, 6.07) is 0.347. The Labute approximate surface area is 125 Å². The van der Waals surface area contributed by atoms with Crippen LogP contribution in [0.2, 0.25) is 0 Å². The summed E-state index contributed by atoms with van der Waals surface area (Å²) >= 11 is 1.24. The van der Waals surface area contributed by atoms with E-state index in [1.54, 1.807) is 0 Å². The lowest BCUT2D eigenvalue weighted by Gasteiger charge is -2.31. The molecular weight excluding hydrogens is 272 g/mol. The predicted octanol–water partition coefficient (Wildman–Crippen LogP) is 2.13. The molecule has 6 heteroatoms. The Morgan fingerprint density at radius 2 is 2.00 bits per heavy atom. The summed E-state index contributed by atoms with van der Waals surface area (Å²) in [5.41, 5.74) is 6.33. The van der Waals surface area contributed by atoms with Gasteiger partial charge in [-0.1, -0.05) is 38.0 Å². The first-order valence-corrected chi connectivity index (χ1v) is 7.89. The highest BCUT2D eigenvalue weighted by atomic mass is 32.1. The number of anilines is 1. The van der Waals surface area contributed by atoms with Gasteiger partial charge in [0.25, 0.3) is 5.91 Å². The van der Waals surface area contributed by atoms with E-state index in [-0.39, 0.29) is 5.91 Å². The SMILES string of the molecule is CCC(CC)C(CNC(=O)c1sc(N)nc1C)N(C)C. The van der Waals surface area contributed by atoms with Gasteiger partial charge in [0.1, 0.15) is 4.88 Å². The summed E-state index contributed by atoms with van der Waals surface area (Å²) in [7, 11) is 4.12. The number of nitrogens with two attached hydrogens (primary N) is 1. The van der Waals surface area contributed by atoms with Crippen LogP contribution in [0.5, 0.6) is 0 Å². The molecule has 3 N–H and O–H groups in total. The molecule has 0 saturated carbocycles. The van der Waals surface area contributed by atoms with Crippen LogP contribution in [0.3, 0.4) is 0 Å². The van der Waals surface area contributed by atoms with Crippen LogP contribution in [0.1, 0.15) is 42.1 Å². The first-order chi connectivity index (χ1) is 9.40. The lowest BCUT2D eigenvalue weighted by atomic mass is 9.93. The number of nitrogens with zero attached hydrogens (tertiary/aromatic N) is 2. The first-order valence-electron chi connectivity index (χ1n) is 7.08. The van der Waals surface area contributed by atoms with Gasteiger partial charge in [0.05, 0.1) is 5.69 Å². The highest BCUT2D eigenvalue weighted by molar-refractivity contribution is 7.17. The van der Waals surface area contributed by atoms with Crippen molar-refractivity contribution in [1.29, 1.82) is 0 Å². The average Bonchev–Trinajstić information content (AvgIpc) is 2.72. The molecule has 0 aromatic carbocycles. The van der Waals surface area contributed by atoms with Crippen molar-refractivity contribution in [2.24, 2.45) is 5.92 Å². The Balaban J connectivity index is 2.68. The summed E-state index contributed by atoms with van der Waals surface area (Å²) in [6.07, 6.45) is 2.23. The van der Waals surface area contributed by atoms with Crippen molar-refractivity contribution < 1.29 is 4.79 Å². The van der Waals surface area contributed by atoms with Crippen LogP contribution in [0, 0.1) is 12.8 Å². The molecule has 1 amide bonds. The summed E-state index contributed by atoms with van der Waals surface area (Å²) in [4.78, 5) is 19.1. The van der Waals surface area contributed by atoms with Gasteiger partial charge in [0, 0.05) is 12.6 Å². The number of likely N-dealkylation sites (N-methyl/N-ethyl adjacent to an activating group) is 1. The molecule has 0 aliphatic rings. The van der Waals surface area contributed by atoms with E-state index in [0.29, 0.717) is 34.2 Å². The smallest absolute Gasteiger partial charge is 0.263 e. The number of nitrogens with one attached hydrogen (secondary N) is 1. The summed E-state index contributed by atoms with van der Waals surface area (Å²) in [5.74, 6) is 0.507. The van der Waals surface area contributed by atoms with Crippen LogP contribution < -0.4 is 11.1 Å². The molecule has 114 valence electrons. The Kier molecular flexibility index (Phi) is 6.42. The van der Waals surface area contributed by atoms with Crippen LogP contribution in [0.15, 0.2) is 0 Å². The molecule has 0 fully saturated rings. The predicted molar refractivity (Wildman–Crippen MR) is 85.1 cm³/mol. The van der Waals surface area contributed by atoms with E-state index in [9.17, 15) is 4.79 Å². The number of carbonyl (C=O) groups excluding carboxylic acids is 1. The van der Waals surface area contributed by atoms with Crippen LogP contribution in [-0.4, -0.2) is 42.5 Å². The van der Waals surface area contributed by atoms with E-state index in [1.165, 1.54) is 11.3 Å². The van der Waals surface area contributed by atoms with Gasteiger partial charge in [-0.15, -0.1) is 0 Å². The highest BCUT2D eigenvalue weighted by Crippen LogP contribution is 2.20. The Morgan fingerprint density at radius 1 is 1.40 bits per heavy atom. The second kappa shape index (κ2) is 7.59. The Morgan fingerprint density at radius 3 is 2.40 bits per heavy atom.